The minimum absolute atomic E-state index is 0.454. The molecule has 2 aromatic heterocycles. The zero-order valence-corrected chi connectivity index (χ0v) is 31.4. The van der Waals surface area contributed by atoms with E-state index in [1.807, 2.05) is 36.0 Å². The van der Waals surface area contributed by atoms with Gasteiger partial charge in [0.25, 0.3) is 0 Å². The lowest BCUT2D eigenvalue weighted by atomic mass is 9.67. The summed E-state index contributed by atoms with van der Waals surface area (Å²) in [4.78, 5) is 18.4. The summed E-state index contributed by atoms with van der Waals surface area (Å²) >= 11 is 1.86. The number of para-hydroxylation sites is 2. The van der Waals surface area contributed by atoms with Gasteiger partial charge in [0.1, 0.15) is 11.2 Å². The minimum atomic E-state index is -0.454. The monoisotopic (exact) mass is 745 g/mol. The van der Waals surface area contributed by atoms with Crippen LogP contribution in [0.4, 0.5) is 0 Å². The summed E-state index contributed by atoms with van der Waals surface area (Å²) in [7, 11) is 0. The van der Waals surface area contributed by atoms with Crippen molar-refractivity contribution in [1.29, 1.82) is 0 Å². The molecular weight excluding hydrogens is 715 g/mol. The van der Waals surface area contributed by atoms with E-state index >= 15 is 0 Å². The number of hydrogen-bond acceptors (Lipinski definition) is 5. The predicted octanol–water partition coefficient (Wildman–Crippen LogP) is 13.3. The van der Waals surface area contributed by atoms with Gasteiger partial charge in [-0.1, -0.05) is 169 Å². The van der Waals surface area contributed by atoms with Gasteiger partial charge in [-0.15, -0.1) is 0 Å². The summed E-state index contributed by atoms with van der Waals surface area (Å²) in [6.07, 6.45) is 0. The molecule has 0 saturated carbocycles. The molecule has 1 aliphatic carbocycles. The first kappa shape index (κ1) is 32.2. The minimum Gasteiger partial charge on any atom is -0.455 e. The Labute approximate surface area is 333 Å². The molecule has 0 radical (unpaired) electrons. The van der Waals surface area contributed by atoms with Crippen LogP contribution in [0.15, 0.2) is 202 Å². The van der Waals surface area contributed by atoms with Gasteiger partial charge >= 0.3 is 0 Å². The highest BCUT2D eigenvalue weighted by Gasteiger charge is 2.50. The van der Waals surface area contributed by atoms with Crippen LogP contribution in [0.25, 0.3) is 78.4 Å². The molecule has 1 aliphatic heterocycles. The average Bonchev–Trinajstić information content (AvgIpc) is 3.80. The summed E-state index contributed by atoms with van der Waals surface area (Å²) in [5, 5.41) is 2.09. The van der Waals surface area contributed by atoms with Crippen LogP contribution in [0, 0.1) is 0 Å². The number of furan rings is 1. The van der Waals surface area contributed by atoms with Crippen molar-refractivity contribution in [3.8, 4) is 56.4 Å². The Balaban J connectivity index is 1.11. The van der Waals surface area contributed by atoms with E-state index < -0.39 is 5.41 Å². The molecule has 4 nitrogen and oxygen atoms in total. The highest BCUT2D eigenvalue weighted by molar-refractivity contribution is 7.99. The Morgan fingerprint density at radius 2 is 0.930 bits per heavy atom. The van der Waals surface area contributed by atoms with Crippen LogP contribution in [0.3, 0.4) is 0 Å². The molecule has 1 spiro atoms. The van der Waals surface area contributed by atoms with Crippen molar-refractivity contribution in [2.75, 3.05) is 0 Å². The molecule has 2 aliphatic rings. The number of benzene rings is 8. The first-order valence-corrected chi connectivity index (χ1v) is 20.0. The van der Waals surface area contributed by atoms with E-state index in [2.05, 4.69) is 164 Å². The van der Waals surface area contributed by atoms with Gasteiger partial charge in [-0.3, -0.25) is 0 Å². The van der Waals surface area contributed by atoms with Crippen LogP contribution in [-0.2, 0) is 5.41 Å². The van der Waals surface area contributed by atoms with Crippen molar-refractivity contribution in [2.24, 2.45) is 0 Å². The first-order chi connectivity index (χ1) is 28.3. The van der Waals surface area contributed by atoms with E-state index in [0.29, 0.717) is 17.5 Å². The Bertz CT molecular complexity index is 3200. The average molecular weight is 746 g/mol. The number of aromatic nitrogens is 3. The van der Waals surface area contributed by atoms with Crippen molar-refractivity contribution >= 4 is 33.7 Å². The van der Waals surface area contributed by atoms with Crippen LogP contribution in [0.5, 0.6) is 0 Å². The van der Waals surface area contributed by atoms with E-state index in [-0.39, 0.29) is 0 Å². The molecule has 5 heteroatoms. The maximum Gasteiger partial charge on any atom is 0.167 e. The molecule has 0 bridgehead atoms. The highest BCUT2D eigenvalue weighted by Crippen LogP contribution is 2.62. The van der Waals surface area contributed by atoms with Crippen LogP contribution < -0.4 is 0 Å². The highest BCUT2D eigenvalue weighted by atomic mass is 32.2. The molecule has 266 valence electrons. The SMILES string of the molecule is c1ccc(-c2ccccc2-c2nc(-c3ccc4c(c3)-c3ccccc3C43c4ccccc4Sc4ccccc43)nc(-c3cccc4c3oc3ccccc34)n2)cc1. The second kappa shape index (κ2) is 12.5. The van der Waals surface area contributed by atoms with Gasteiger partial charge in [0.05, 0.1) is 11.0 Å². The van der Waals surface area contributed by atoms with E-state index in [4.69, 9.17) is 19.4 Å². The Morgan fingerprint density at radius 1 is 0.368 bits per heavy atom. The molecule has 57 heavy (non-hydrogen) atoms. The van der Waals surface area contributed by atoms with Gasteiger partial charge in [-0.2, -0.15) is 0 Å². The summed E-state index contributed by atoms with van der Waals surface area (Å²) in [6.45, 7) is 0. The molecule has 0 fully saturated rings. The van der Waals surface area contributed by atoms with Crippen molar-refractivity contribution in [2.45, 2.75) is 15.2 Å². The predicted molar refractivity (Wildman–Crippen MR) is 230 cm³/mol. The number of hydrogen-bond donors (Lipinski definition) is 0. The summed E-state index contributed by atoms with van der Waals surface area (Å²) in [5.74, 6) is 1.77. The molecule has 8 aromatic carbocycles. The van der Waals surface area contributed by atoms with Crippen LogP contribution >= 0.6 is 11.8 Å². The van der Waals surface area contributed by atoms with Crippen molar-refractivity contribution in [3.63, 3.8) is 0 Å². The Hall–Kier alpha value is -7.08. The molecule has 10 aromatic rings. The van der Waals surface area contributed by atoms with Crippen molar-refractivity contribution < 1.29 is 4.42 Å². The van der Waals surface area contributed by atoms with Gasteiger partial charge in [-0.05, 0) is 74.8 Å². The lowest BCUT2D eigenvalue weighted by Crippen LogP contribution is -2.31. The molecule has 0 unspecified atom stereocenters. The Morgan fingerprint density at radius 3 is 1.72 bits per heavy atom. The number of fused-ring (bicyclic) bond motifs is 12. The van der Waals surface area contributed by atoms with Gasteiger partial charge in [0.15, 0.2) is 17.5 Å². The van der Waals surface area contributed by atoms with E-state index in [0.717, 1.165) is 49.8 Å². The number of rotatable bonds is 4. The van der Waals surface area contributed by atoms with Crippen LogP contribution in [0.2, 0.25) is 0 Å². The largest absolute Gasteiger partial charge is 0.455 e. The standard InChI is InChI=1S/C52H31N3OS/c1-2-15-32(16-3-1)34-17-4-5-20-38(34)50-53-49(54-51(55-50)39-22-14-21-37-36-19-7-11-26-45(36)56-48(37)39)33-29-30-42-40(31-33)35-18-6-8-23-41(35)52(42)43-24-9-12-27-46(43)57-47-28-13-10-25-44(47)52/h1-31H. The van der Waals surface area contributed by atoms with Gasteiger partial charge in [-0.25, -0.2) is 15.0 Å². The molecule has 3 heterocycles. The lowest BCUT2D eigenvalue weighted by Gasteiger charge is -2.39. The maximum atomic E-state index is 6.54. The summed E-state index contributed by atoms with van der Waals surface area (Å²) in [6, 6.07) is 66.7. The molecule has 0 atom stereocenters. The fraction of sp³-hybridized carbons (Fsp3) is 0.0192. The first-order valence-electron chi connectivity index (χ1n) is 19.2. The molecule has 12 rings (SSSR count). The van der Waals surface area contributed by atoms with Gasteiger partial charge in [0, 0.05) is 31.7 Å². The van der Waals surface area contributed by atoms with E-state index in [9.17, 15) is 0 Å². The second-order valence-corrected chi connectivity index (χ2v) is 15.7. The van der Waals surface area contributed by atoms with Crippen LogP contribution in [0.1, 0.15) is 22.3 Å². The van der Waals surface area contributed by atoms with Crippen molar-refractivity contribution in [1.82, 2.24) is 15.0 Å². The normalized spacial score (nSPS) is 13.3. The summed E-state index contributed by atoms with van der Waals surface area (Å²) < 4.78 is 6.54. The van der Waals surface area contributed by atoms with E-state index in [1.54, 1.807) is 0 Å². The third-order valence-corrected chi connectivity index (χ3v) is 12.8. The van der Waals surface area contributed by atoms with Crippen LogP contribution in [-0.4, -0.2) is 15.0 Å². The zero-order chi connectivity index (χ0) is 37.5. The third kappa shape index (κ3) is 4.73. The zero-order valence-electron chi connectivity index (χ0n) is 30.6. The molecule has 0 N–H and O–H groups in total. The summed E-state index contributed by atoms with van der Waals surface area (Å²) in [5.41, 5.74) is 13.6. The lowest BCUT2D eigenvalue weighted by molar-refractivity contribution is 0.669. The fourth-order valence-electron chi connectivity index (χ4n) is 9.21. The molecule has 0 amide bonds. The quantitative estimate of drug-likeness (QED) is 0.180. The smallest absolute Gasteiger partial charge is 0.167 e. The molecule has 0 saturated heterocycles. The van der Waals surface area contributed by atoms with Gasteiger partial charge < -0.3 is 4.42 Å². The maximum absolute atomic E-state index is 6.54. The third-order valence-electron chi connectivity index (χ3n) is 11.6. The van der Waals surface area contributed by atoms with Gasteiger partial charge in [0.2, 0.25) is 0 Å². The van der Waals surface area contributed by atoms with E-state index in [1.165, 1.54) is 43.2 Å². The van der Waals surface area contributed by atoms with Crippen molar-refractivity contribution in [3.05, 3.63) is 210 Å². The topological polar surface area (TPSA) is 51.8 Å². The number of nitrogens with zero attached hydrogens (tertiary/aromatic N) is 3. The fourth-order valence-corrected chi connectivity index (χ4v) is 10.4. The Kier molecular flexibility index (Phi) is 7.04. The molecular formula is C52H31N3OS. The second-order valence-electron chi connectivity index (χ2n) is 14.6.